The van der Waals surface area contributed by atoms with Gasteiger partial charge in [-0.25, -0.2) is 4.39 Å². The lowest BCUT2D eigenvalue weighted by atomic mass is 10.2. The van der Waals surface area contributed by atoms with Gasteiger partial charge < -0.3 is 4.74 Å². The summed E-state index contributed by atoms with van der Waals surface area (Å²) < 4.78 is 18.9. The molecule has 0 radical (unpaired) electrons. The molecular weight excluding hydrogens is 297 g/mol. The van der Waals surface area contributed by atoms with Gasteiger partial charge in [0.05, 0.1) is 5.02 Å². The van der Waals surface area contributed by atoms with Crippen molar-refractivity contribution in [2.45, 2.75) is 6.61 Å². The number of rotatable bonds is 3. The van der Waals surface area contributed by atoms with Gasteiger partial charge in [-0.15, -0.1) is 0 Å². The van der Waals surface area contributed by atoms with E-state index >= 15 is 0 Å². The SMILES string of the molecule is Fc1cc(Cl)ccc1COc1ccc(Cl)cc1Cl. The molecule has 0 aliphatic rings. The van der Waals surface area contributed by atoms with E-state index in [1.165, 1.54) is 6.07 Å². The lowest BCUT2D eigenvalue weighted by Gasteiger charge is -2.09. The minimum atomic E-state index is -0.410. The van der Waals surface area contributed by atoms with E-state index < -0.39 is 5.82 Å². The monoisotopic (exact) mass is 304 g/mol. The van der Waals surface area contributed by atoms with Crippen LogP contribution in [0.2, 0.25) is 15.1 Å². The molecule has 94 valence electrons. The molecule has 0 atom stereocenters. The molecule has 0 N–H and O–H groups in total. The lowest BCUT2D eigenvalue weighted by molar-refractivity contribution is 0.300. The highest BCUT2D eigenvalue weighted by Crippen LogP contribution is 2.28. The quantitative estimate of drug-likeness (QED) is 0.741. The Bertz CT molecular complexity index is 521. The second-order valence-electron chi connectivity index (χ2n) is 3.60. The minimum Gasteiger partial charge on any atom is -0.487 e. The van der Waals surface area contributed by atoms with Crippen LogP contribution in [0.1, 0.15) is 5.56 Å². The third-order valence-electron chi connectivity index (χ3n) is 2.29. The van der Waals surface area contributed by atoms with Crippen LogP contribution in [0.15, 0.2) is 36.4 Å². The first-order valence-corrected chi connectivity index (χ1v) is 6.21. The molecule has 2 aromatic rings. The van der Waals surface area contributed by atoms with Gasteiger partial charge in [-0.3, -0.25) is 0 Å². The summed E-state index contributed by atoms with van der Waals surface area (Å²) in [4.78, 5) is 0. The Hall–Kier alpha value is -0.960. The van der Waals surface area contributed by atoms with E-state index in [2.05, 4.69) is 0 Å². The molecule has 0 aromatic heterocycles. The zero-order valence-electron chi connectivity index (χ0n) is 9.09. The predicted molar refractivity (Wildman–Crippen MR) is 72.2 cm³/mol. The molecule has 2 aromatic carbocycles. The average Bonchev–Trinajstić information content (AvgIpc) is 2.30. The number of halogens is 4. The Kier molecular flexibility index (Phi) is 4.33. The summed E-state index contributed by atoms with van der Waals surface area (Å²) in [6.07, 6.45) is 0. The van der Waals surface area contributed by atoms with Gasteiger partial charge in [0.2, 0.25) is 0 Å². The van der Waals surface area contributed by atoms with Crippen molar-refractivity contribution in [3.8, 4) is 5.75 Å². The molecule has 2 rings (SSSR count). The minimum absolute atomic E-state index is 0.0738. The molecule has 0 heterocycles. The molecule has 0 saturated heterocycles. The van der Waals surface area contributed by atoms with Crippen LogP contribution >= 0.6 is 34.8 Å². The second kappa shape index (κ2) is 5.79. The van der Waals surface area contributed by atoms with E-state index in [0.29, 0.717) is 26.4 Å². The highest BCUT2D eigenvalue weighted by molar-refractivity contribution is 6.35. The predicted octanol–water partition coefficient (Wildman–Crippen LogP) is 5.36. The van der Waals surface area contributed by atoms with E-state index in [4.69, 9.17) is 39.5 Å². The second-order valence-corrected chi connectivity index (χ2v) is 4.88. The third-order valence-corrected chi connectivity index (χ3v) is 3.06. The molecule has 0 saturated carbocycles. The maximum atomic E-state index is 13.5. The highest BCUT2D eigenvalue weighted by Gasteiger charge is 2.06. The number of hydrogen-bond acceptors (Lipinski definition) is 1. The number of hydrogen-bond donors (Lipinski definition) is 0. The molecule has 0 aliphatic heterocycles. The third kappa shape index (κ3) is 3.29. The van der Waals surface area contributed by atoms with E-state index in [-0.39, 0.29) is 6.61 Å². The Balaban J connectivity index is 2.11. The topological polar surface area (TPSA) is 9.23 Å². The average molecular weight is 306 g/mol. The molecule has 0 aliphatic carbocycles. The first-order chi connectivity index (χ1) is 8.56. The summed E-state index contributed by atoms with van der Waals surface area (Å²) in [5, 5.41) is 1.25. The number of ether oxygens (including phenoxy) is 1. The first kappa shape index (κ1) is 13.5. The molecule has 0 fully saturated rings. The van der Waals surface area contributed by atoms with E-state index in [9.17, 15) is 4.39 Å². The van der Waals surface area contributed by atoms with Gasteiger partial charge in [0.15, 0.2) is 0 Å². The highest BCUT2D eigenvalue weighted by atomic mass is 35.5. The van der Waals surface area contributed by atoms with Crippen LogP contribution in [0.5, 0.6) is 5.75 Å². The standard InChI is InChI=1S/C13H8Cl3FO/c14-9-3-4-13(11(16)5-9)18-7-8-1-2-10(15)6-12(8)17/h1-6H,7H2. The largest absolute Gasteiger partial charge is 0.487 e. The lowest BCUT2D eigenvalue weighted by Crippen LogP contribution is -1.98. The fraction of sp³-hybridized carbons (Fsp3) is 0.0769. The summed E-state index contributed by atoms with van der Waals surface area (Å²) in [6, 6.07) is 9.27. The zero-order chi connectivity index (χ0) is 13.1. The molecule has 0 spiro atoms. The van der Waals surface area contributed by atoms with Crippen LogP contribution in [0, 0.1) is 5.82 Å². The molecule has 1 nitrogen and oxygen atoms in total. The van der Waals surface area contributed by atoms with Crippen LogP contribution < -0.4 is 4.74 Å². The molecule has 5 heteroatoms. The van der Waals surface area contributed by atoms with Gasteiger partial charge in [0.1, 0.15) is 18.2 Å². The summed E-state index contributed by atoms with van der Waals surface area (Å²) >= 11 is 17.4. The van der Waals surface area contributed by atoms with Crippen molar-refractivity contribution in [1.29, 1.82) is 0 Å². The van der Waals surface area contributed by atoms with Gasteiger partial charge >= 0.3 is 0 Å². The maximum absolute atomic E-state index is 13.5. The van der Waals surface area contributed by atoms with Crippen molar-refractivity contribution >= 4 is 34.8 Å². The van der Waals surface area contributed by atoms with E-state index in [0.717, 1.165) is 0 Å². The fourth-order valence-corrected chi connectivity index (χ4v) is 2.01. The fourth-order valence-electron chi connectivity index (χ4n) is 1.39. The maximum Gasteiger partial charge on any atom is 0.138 e. The van der Waals surface area contributed by atoms with Crippen molar-refractivity contribution in [2.75, 3.05) is 0 Å². The van der Waals surface area contributed by atoms with Crippen molar-refractivity contribution in [3.63, 3.8) is 0 Å². The van der Waals surface area contributed by atoms with Crippen LogP contribution in [0.25, 0.3) is 0 Å². The Morgan fingerprint density at radius 3 is 2.28 bits per heavy atom. The summed E-state index contributed by atoms with van der Waals surface area (Å²) in [6.45, 7) is 0.0738. The van der Waals surface area contributed by atoms with Crippen LogP contribution in [0.3, 0.4) is 0 Å². The molecule has 0 amide bonds. The van der Waals surface area contributed by atoms with Crippen molar-refractivity contribution in [2.24, 2.45) is 0 Å². The van der Waals surface area contributed by atoms with Crippen molar-refractivity contribution < 1.29 is 9.13 Å². The van der Waals surface area contributed by atoms with Crippen LogP contribution in [-0.4, -0.2) is 0 Å². The molecule has 0 unspecified atom stereocenters. The molecule has 18 heavy (non-hydrogen) atoms. The first-order valence-electron chi connectivity index (χ1n) is 5.08. The molecule has 0 bridgehead atoms. The van der Waals surface area contributed by atoms with Crippen molar-refractivity contribution in [3.05, 3.63) is 62.8 Å². The summed E-state index contributed by atoms with van der Waals surface area (Å²) in [5.41, 5.74) is 0.408. The summed E-state index contributed by atoms with van der Waals surface area (Å²) in [5.74, 6) is 0.0444. The number of benzene rings is 2. The van der Waals surface area contributed by atoms with Crippen LogP contribution in [0.4, 0.5) is 4.39 Å². The zero-order valence-corrected chi connectivity index (χ0v) is 11.4. The Morgan fingerprint density at radius 2 is 1.61 bits per heavy atom. The van der Waals surface area contributed by atoms with Gasteiger partial charge in [0.25, 0.3) is 0 Å². The van der Waals surface area contributed by atoms with Crippen LogP contribution in [-0.2, 0) is 6.61 Å². The summed E-state index contributed by atoms with van der Waals surface area (Å²) in [7, 11) is 0. The van der Waals surface area contributed by atoms with E-state index in [1.54, 1.807) is 30.3 Å². The Labute approximate surface area is 119 Å². The smallest absolute Gasteiger partial charge is 0.138 e. The molecular formula is C13H8Cl3FO. The Morgan fingerprint density at radius 1 is 0.944 bits per heavy atom. The van der Waals surface area contributed by atoms with Crippen molar-refractivity contribution in [1.82, 2.24) is 0 Å². The van der Waals surface area contributed by atoms with Gasteiger partial charge in [-0.1, -0.05) is 40.9 Å². The van der Waals surface area contributed by atoms with Gasteiger partial charge in [-0.05, 0) is 30.3 Å². The van der Waals surface area contributed by atoms with Gasteiger partial charge in [-0.2, -0.15) is 0 Å². The van der Waals surface area contributed by atoms with E-state index in [1.807, 2.05) is 0 Å². The normalized spacial score (nSPS) is 10.4. The van der Waals surface area contributed by atoms with Gasteiger partial charge in [0, 0.05) is 15.6 Å².